The van der Waals surface area contributed by atoms with E-state index in [-0.39, 0.29) is 18.3 Å². The Morgan fingerprint density at radius 2 is 2.10 bits per heavy atom. The van der Waals surface area contributed by atoms with Crippen LogP contribution in [0.15, 0.2) is 35.3 Å². The molecule has 1 aliphatic heterocycles. The van der Waals surface area contributed by atoms with Crippen molar-refractivity contribution in [2.24, 2.45) is 0 Å². The van der Waals surface area contributed by atoms with Crippen molar-refractivity contribution in [3.63, 3.8) is 0 Å². The molecular weight excluding hydrogens is 422 g/mol. The molecule has 31 heavy (non-hydrogen) atoms. The number of nitrogens with zero attached hydrogens (tertiary/aromatic N) is 3. The fourth-order valence-electron chi connectivity index (χ4n) is 3.19. The van der Waals surface area contributed by atoms with E-state index in [2.05, 4.69) is 35.8 Å². The van der Waals surface area contributed by atoms with Gasteiger partial charge in [0, 0.05) is 49.8 Å². The van der Waals surface area contributed by atoms with E-state index < -0.39 is 5.56 Å². The Hall–Kier alpha value is -3.37. The molecule has 10 nitrogen and oxygen atoms in total. The zero-order valence-corrected chi connectivity index (χ0v) is 17.6. The largest absolute Gasteiger partial charge is 0.478 e. The number of rotatable bonds is 6. The van der Waals surface area contributed by atoms with Crippen molar-refractivity contribution in [3.8, 4) is 5.75 Å². The van der Waals surface area contributed by atoms with Crippen molar-refractivity contribution in [3.05, 3.63) is 45.8 Å². The van der Waals surface area contributed by atoms with Gasteiger partial charge in [-0.15, -0.1) is 0 Å². The quantitative estimate of drug-likeness (QED) is 0.448. The van der Waals surface area contributed by atoms with Crippen LogP contribution >= 0.6 is 11.6 Å². The maximum absolute atomic E-state index is 12.2. The summed E-state index contributed by atoms with van der Waals surface area (Å²) in [6.45, 7) is 3.16. The van der Waals surface area contributed by atoms with Crippen LogP contribution in [0.2, 0.25) is 5.02 Å². The van der Waals surface area contributed by atoms with Crippen molar-refractivity contribution in [2.75, 3.05) is 50.1 Å². The summed E-state index contributed by atoms with van der Waals surface area (Å²) in [6.07, 6.45) is 1.58. The molecule has 2 aromatic heterocycles. The van der Waals surface area contributed by atoms with E-state index in [9.17, 15) is 9.59 Å². The number of piperazine rings is 1. The van der Waals surface area contributed by atoms with E-state index in [0.29, 0.717) is 22.3 Å². The number of pyridine rings is 1. The molecule has 1 fully saturated rings. The summed E-state index contributed by atoms with van der Waals surface area (Å²) in [4.78, 5) is 37.3. The number of likely N-dealkylation sites (N-methyl/N-ethyl adjacent to an activating group) is 1. The molecule has 4 N–H and O–H groups in total. The molecule has 1 saturated heterocycles. The fraction of sp³-hybridized carbons (Fsp3) is 0.300. The fourth-order valence-corrected chi connectivity index (χ4v) is 3.32. The summed E-state index contributed by atoms with van der Waals surface area (Å²) in [5.41, 5.74) is 0.957. The van der Waals surface area contributed by atoms with Gasteiger partial charge in [-0.2, -0.15) is 4.98 Å². The summed E-state index contributed by atoms with van der Waals surface area (Å²) in [7, 11) is 1.50. The molecule has 3 heterocycles. The van der Waals surface area contributed by atoms with Gasteiger partial charge in [-0.1, -0.05) is 11.6 Å². The molecule has 1 aromatic carbocycles. The summed E-state index contributed by atoms with van der Waals surface area (Å²) in [6, 6.07) is 7.01. The number of hydrogen-bond acceptors (Lipinski definition) is 8. The average Bonchev–Trinajstić information content (AvgIpc) is 2.79. The minimum Gasteiger partial charge on any atom is -0.478 e. The third-order valence-electron chi connectivity index (χ3n) is 4.84. The van der Waals surface area contributed by atoms with Crippen LogP contribution in [-0.4, -0.2) is 60.7 Å². The van der Waals surface area contributed by atoms with Crippen LogP contribution in [0.3, 0.4) is 0 Å². The topological polar surface area (TPSA) is 124 Å². The standard InChI is InChI=1S/C20H22ClN7O3/c1-22-17(29)11-31-16-9-12-8-13(2-3-15(12)26-19(16)30)25-18-14(21)10-24-20(27-18)28-6-4-23-5-7-28/h2-3,8-10,23H,4-7,11H2,1H3,(H,22,29)(H,26,30)(H,24,25,27). The Morgan fingerprint density at radius 1 is 1.29 bits per heavy atom. The summed E-state index contributed by atoms with van der Waals surface area (Å²) in [5, 5.41) is 10.1. The van der Waals surface area contributed by atoms with E-state index >= 15 is 0 Å². The number of halogens is 1. The lowest BCUT2D eigenvalue weighted by Gasteiger charge is -2.27. The molecule has 0 atom stereocenters. The van der Waals surface area contributed by atoms with Crippen LogP contribution < -0.4 is 31.1 Å². The number of H-pyrrole nitrogens is 1. The van der Waals surface area contributed by atoms with Crippen LogP contribution in [0.25, 0.3) is 10.9 Å². The molecule has 1 amide bonds. The Bertz CT molecular complexity index is 1160. The van der Waals surface area contributed by atoms with Gasteiger partial charge >= 0.3 is 0 Å². The first kappa shape index (κ1) is 20.9. The second kappa shape index (κ2) is 9.19. The monoisotopic (exact) mass is 443 g/mol. The Kier molecular flexibility index (Phi) is 6.19. The molecule has 11 heteroatoms. The molecule has 0 aliphatic carbocycles. The maximum atomic E-state index is 12.2. The number of ether oxygens (including phenoxy) is 1. The van der Waals surface area contributed by atoms with Crippen LogP contribution in [0, 0.1) is 0 Å². The number of hydrogen-bond donors (Lipinski definition) is 4. The molecule has 0 spiro atoms. The Morgan fingerprint density at radius 3 is 2.87 bits per heavy atom. The molecule has 4 rings (SSSR count). The number of aromatic nitrogens is 3. The summed E-state index contributed by atoms with van der Waals surface area (Å²) >= 11 is 6.31. The number of carbonyl (C=O) groups excluding carboxylic acids is 1. The van der Waals surface area contributed by atoms with Crippen molar-refractivity contribution in [1.82, 2.24) is 25.6 Å². The normalized spacial score (nSPS) is 13.8. The van der Waals surface area contributed by atoms with Gasteiger partial charge in [0.25, 0.3) is 11.5 Å². The van der Waals surface area contributed by atoms with Gasteiger partial charge in [0.2, 0.25) is 5.95 Å². The first-order valence-electron chi connectivity index (χ1n) is 9.79. The molecule has 0 bridgehead atoms. The number of fused-ring (bicyclic) bond motifs is 1. The molecule has 0 radical (unpaired) electrons. The van der Waals surface area contributed by atoms with Crippen molar-refractivity contribution in [2.45, 2.75) is 0 Å². The number of anilines is 3. The second-order valence-corrected chi connectivity index (χ2v) is 7.36. The second-order valence-electron chi connectivity index (χ2n) is 6.96. The van der Waals surface area contributed by atoms with Gasteiger partial charge in [-0.05, 0) is 24.3 Å². The highest BCUT2D eigenvalue weighted by molar-refractivity contribution is 6.32. The lowest BCUT2D eigenvalue weighted by molar-refractivity contribution is -0.122. The third-order valence-corrected chi connectivity index (χ3v) is 5.12. The van der Waals surface area contributed by atoms with Gasteiger partial charge in [-0.3, -0.25) is 9.59 Å². The third kappa shape index (κ3) is 4.86. The smallest absolute Gasteiger partial charge is 0.290 e. The SMILES string of the molecule is CNC(=O)COc1cc2cc(Nc3nc(N4CCNCC4)ncc3Cl)ccc2[nH]c1=O. The van der Waals surface area contributed by atoms with Crippen molar-refractivity contribution < 1.29 is 9.53 Å². The summed E-state index contributed by atoms with van der Waals surface area (Å²) in [5.74, 6) is 0.844. The highest BCUT2D eigenvalue weighted by atomic mass is 35.5. The van der Waals surface area contributed by atoms with Crippen LogP contribution in [0.4, 0.5) is 17.5 Å². The van der Waals surface area contributed by atoms with Crippen molar-refractivity contribution >= 4 is 45.9 Å². The van der Waals surface area contributed by atoms with Gasteiger partial charge in [-0.25, -0.2) is 4.98 Å². The van der Waals surface area contributed by atoms with Crippen molar-refractivity contribution in [1.29, 1.82) is 0 Å². The zero-order chi connectivity index (χ0) is 21.8. The van der Waals surface area contributed by atoms with E-state index in [4.69, 9.17) is 16.3 Å². The molecule has 162 valence electrons. The minimum atomic E-state index is -0.406. The summed E-state index contributed by atoms with van der Waals surface area (Å²) < 4.78 is 5.33. The number of benzene rings is 1. The van der Waals surface area contributed by atoms with Gasteiger partial charge in [0.1, 0.15) is 5.02 Å². The highest BCUT2D eigenvalue weighted by Gasteiger charge is 2.15. The molecule has 3 aromatic rings. The van der Waals surface area contributed by atoms with Gasteiger partial charge in [0.15, 0.2) is 18.2 Å². The maximum Gasteiger partial charge on any atom is 0.290 e. The van der Waals surface area contributed by atoms with E-state index in [1.807, 2.05) is 12.1 Å². The number of nitrogens with one attached hydrogen (secondary N) is 4. The Labute approximate surface area is 183 Å². The predicted molar refractivity (Wildman–Crippen MR) is 120 cm³/mol. The zero-order valence-electron chi connectivity index (χ0n) is 16.9. The lowest BCUT2D eigenvalue weighted by atomic mass is 10.2. The van der Waals surface area contributed by atoms with Crippen LogP contribution in [-0.2, 0) is 4.79 Å². The number of amides is 1. The van der Waals surface area contributed by atoms with E-state index in [0.717, 1.165) is 37.3 Å². The molecule has 1 aliphatic rings. The number of carbonyl (C=O) groups is 1. The van der Waals surface area contributed by atoms with Crippen LogP contribution in [0.1, 0.15) is 0 Å². The first-order chi connectivity index (χ1) is 15.0. The Balaban J connectivity index is 1.59. The minimum absolute atomic E-state index is 0.0642. The van der Waals surface area contributed by atoms with E-state index in [1.165, 1.54) is 7.05 Å². The predicted octanol–water partition coefficient (Wildman–Crippen LogP) is 1.25. The van der Waals surface area contributed by atoms with Gasteiger partial charge in [0.05, 0.1) is 6.20 Å². The average molecular weight is 444 g/mol. The van der Waals surface area contributed by atoms with E-state index in [1.54, 1.807) is 18.3 Å². The molecular formula is C20H22ClN7O3. The first-order valence-corrected chi connectivity index (χ1v) is 10.2. The molecule has 0 saturated carbocycles. The lowest BCUT2D eigenvalue weighted by Crippen LogP contribution is -2.44. The highest BCUT2D eigenvalue weighted by Crippen LogP contribution is 2.27. The van der Waals surface area contributed by atoms with Gasteiger partial charge < -0.3 is 30.6 Å². The van der Waals surface area contributed by atoms with Crippen LogP contribution in [0.5, 0.6) is 5.75 Å². The number of aromatic amines is 1. The molecule has 0 unspecified atom stereocenters.